The van der Waals surface area contributed by atoms with E-state index in [9.17, 15) is 9.59 Å². The second kappa shape index (κ2) is 7.98. The highest BCUT2D eigenvalue weighted by atomic mass is 32.2. The highest BCUT2D eigenvalue weighted by Gasteiger charge is 2.14. The van der Waals surface area contributed by atoms with Crippen LogP contribution in [0, 0.1) is 0 Å². The Labute approximate surface area is 150 Å². The number of carbonyl (C=O) groups is 1. The smallest absolute Gasteiger partial charge is 0.266 e. The highest BCUT2D eigenvalue weighted by molar-refractivity contribution is 7.99. The molecule has 2 aromatic carbocycles. The largest absolute Gasteiger partial charge is 0.355 e. The maximum atomic E-state index is 13.0. The van der Waals surface area contributed by atoms with Crippen LogP contribution in [0.5, 0.6) is 0 Å². The van der Waals surface area contributed by atoms with Gasteiger partial charge < -0.3 is 5.32 Å². The molecule has 1 heterocycles. The molecule has 0 aliphatic carbocycles. The molecule has 1 N–H and O–H groups in total. The SMILES string of the molecule is CCCNC(=O)CSc1nc2ccccc2c(=O)n1-c1ccccc1. The minimum absolute atomic E-state index is 0.0612. The van der Waals surface area contributed by atoms with Gasteiger partial charge >= 0.3 is 0 Å². The molecule has 1 amide bonds. The molecule has 0 atom stereocenters. The molecule has 25 heavy (non-hydrogen) atoms. The van der Waals surface area contributed by atoms with Crippen LogP contribution in [0.15, 0.2) is 64.5 Å². The lowest BCUT2D eigenvalue weighted by Gasteiger charge is -2.13. The van der Waals surface area contributed by atoms with Crippen molar-refractivity contribution in [1.29, 1.82) is 0 Å². The van der Waals surface area contributed by atoms with Crippen LogP contribution in [0.25, 0.3) is 16.6 Å². The number of nitrogens with one attached hydrogen (secondary N) is 1. The first-order chi connectivity index (χ1) is 12.2. The van der Waals surface area contributed by atoms with Crippen molar-refractivity contribution in [2.24, 2.45) is 0 Å². The number of thioether (sulfide) groups is 1. The number of nitrogens with zero attached hydrogens (tertiary/aromatic N) is 2. The molecule has 0 bridgehead atoms. The van der Waals surface area contributed by atoms with E-state index in [1.165, 1.54) is 11.8 Å². The number of rotatable bonds is 6. The van der Waals surface area contributed by atoms with Crippen molar-refractivity contribution in [2.75, 3.05) is 12.3 Å². The third-order valence-corrected chi connectivity index (χ3v) is 4.60. The van der Waals surface area contributed by atoms with Gasteiger partial charge in [-0.3, -0.25) is 14.2 Å². The van der Waals surface area contributed by atoms with Gasteiger partial charge in [-0.1, -0.05) is 49.0 Å². The summed E-state index contributed by atoms with van der Waals surface area (Å²) in [6.45, 7) is 2.65. The number of amides is 1. The molecule has 0 aliphatic rings. The van der Waals surface area contributed by atoms with Crippen molar-refractivity contribution < 1.29 is 4.79 Å². The highest BCUT2D eigenvalue weighted by Crippen LogP contribution is 2.21. The Balaban J connectivity index is 2.03. The maximum Gasteiger partial charge on any atom is 0.266 e. The van der Waals surface area contributed by atoms with Crippen LogP contribution in [0.1, 0.15) is 13.3 Å². The van der Waals surface area contributed by atoms with E-state index in [2.05, 4.69) is 10.3 Å². The minimum atomic E-state index is -0.131. The van der Waals surface area contributed by atoms with Crippen LogP contribution >= 0.6 is 11.8 Å². The molecule has 0 aliphatic heterocycles. The Kier molecular flexibility index (Phi) is 5.50. The summed E-state index contributed by atoms with van der Waals surface area (Å²) in [4.78, 5) is 29.5. The number of fused-ring (bicyclic) bond motifs is 1. The predicted octanol–water partition coefficient (Wildman–Crippen LogP) is 3.00. The van der Waals surface area contributed by atoms with Crippen molar-refractivity contribution in [2.45, 2.75) is 18.5 Å². The van der Waals surface area contributed by atoms with E-state index in [-0.39, 0.29) is 17.2 Å². The average Bonchev–Trinajstić information content (AvgIpc) is 2.65. The molecule has 0 unspecified atom stereocenters. The minimum Gasteiger partial charge on any atom is -0.355 e. The summed E-state index contributed by atoms with van der Waals surface area (Å²) in [5.74, 6) is 0.159. The number of hydrogen-bond acceptors (Lipinski definition) is 4. The van der Waals surface area contributed by atoms with E-state index in [0.717, 1.165) is 12.1 Å². The molecule has 6 heteroatoms. The van der Waals surface area contributed by atoms with Crippen LogP contribution in [0.2, 0.25) is 0 Å². The topological polar surface area (TPSA) is 64.0 Å². The normalized spacial score (nSPS) is 10.8. The number of aromatic nitrogens is 2. The molecular weight excluding hydrogens is 334 g/mol. The zero-order valence-electron chi connectivity index (χ0n) is 13.9. The van der Waals surface area contributed by atoms with E-state index in [4.69, 9.17) is 0 Å². The van der Waals surface area contributed by atoms with Crippen LogP contribution < -0.4 is 10.9 Å². The Morgan fingerprint density at radius 3 is 2.60 bits per heavy atom. The fourth-order valence-corrected chi connectivity index (χ4v) is 3.30. The van der Waals surface area contributed by atoms with Gasteiger partial charge in [-0.2, -0.15) is 0 Å². The summed E-state index contributed by atoms with van der Waals surface area (Å²) < 4.78 is 1.57. The van der Waals surface area contributed by atoms with Crippen molar-refractivity contribution in [3.63, 3.8) is 0 Å². The van der Waals surface area contributed by atoms with Crippen molar-refractivity contribution >= 4 is 28.6 Å². The molecule has 0 fully saturated rings. The van der Waals surface area contributed by atoms with Gasteiger partial charge in [0.05, 0.1) is 22.3 Å². The fraction of sp³-hybridized carbons (Fsp3) is 0.211. The first-order valence-electron chi connectivity index (χ1n) is 8.17. The van der Waals surface area contributed by atoms with Gasteiger partial charge in [-0.25, -0.2) is 4.98 Å². The van der Waals surface area contributed by atoms with Gasteiger partial charge in [0, 0.05) is 6.54 Å². The average molecular weight is 353 g/mol. The first-order valence-corrected chi connectivity index (χ1v) is 9.16. The third-order valence-electron chi connectivity index (χ3n) is 3.66. The molecular formula is C19H19N3O2S. The molecule has 3 aromatic rings. The van der Waals surface area contributed by atoms with Gasteiger partial charge in [0.25, 0.3) is 5.56 Å². The van der Waals surface area contributed by atoms with Gasteiger partial charge in [0.1, 0.15) is 0 Å². The molecule has 1 aromatic heterocycles. The molecule has 0 spiro atoms. The number of hydrogen-bond donors (Lipinski definition) is 1. The molecule has 0 radical (unpaired) electrons. The van der Waals surface area contributed by atoms with Crippen LogP contribution in [0.4, 0.5) is 0 Å². The predicted molar refractivity (Wildman–Crippen MR) is 101 cm³/mol. The standard InChI is InChI=1S/C19H19N3O2S/c1-2-12-20-17(23)13-25-19-21-16-11-7-6-10-15(16)18(24)22(19)14-8-4-3-5-9-14/h3-11H,2,12-13H2,1H3,(H,20,23). The lowest BCUT2D eigenvalue weighted by Crippen LogP contribution is -2.27. The first kappa shape index (κ1) is 17.2. The molecule has 5 nitrogen and oxygen atoms in total. The van der Waals surface area contributed by atoms with Crippen molar-refractivity contribution in [1.82, 2.24) is 14.9 Å². The summed E-state index contributed by atoms with van der Waals surface area (Å²) in [7, 11) is 0. The summed E-state index contributed by atoms with van der Waals surface area (Å²) in [6.07, 6.45) is 0.888. The molecule has 128 valence electrons. The molecule has 3 rings (SSSR count). The lowest BCUT2D eigenvalue weighted by molar-refractivity contribution is -0.118. The van der Waals surface area contributed by atoms with Gasteiger partial charge in [0.15, 0.2) is 5.16 Å². The van der Waals surface area contributed by atoms with Crippen LogP contribution in [0.3, 0.4) is 0 Å². The van der Waals surface area contributed by atoms with E-state index in [1.807, 2.05) is 55.5 Å². The number of benzene rings is 2. The Morgan fingerprint density at radius 1 is 1.12 bits per heavy atom. The summed E-state index contributed by atoms with van der Waals surface area (Å²) in [5, 5.41) is 3.92. The van der Waals surface area contributed by atoms with E-state index in [0.29, 0.717) is 22.6 Å². The van der Waals surface area contributed by atoms with Crippen LogP contribution in [-0.4, -0.2) is 27.8 Å². The van der Waals surface area contributed by atoms with Crippen LogP contribution in [-0.2, 0) is 4.79 Å². The van der Waals surface area contributed by atoms with E-state index >= 15 is 0 Å². The van der Waals surface area contributed by atoms with Crippen molar-refractivity contribution in [3.8, 4) is 5.69 Å². The zero-order chi connectivity index (χ0) is 17.6. The third kappa shape index (κ3) is 3.91. The zero-order valence-corrected chi connectivity index (χ0v) is 14.8. The lowest BCUT2D eigenvalue weighted by atomic mass is 10.2. The molecule has 0 saturated carbocycles. The van der Waals surface area contributed by atoms with Gasteiger partial charge in [-0.15, -0.1) is 0 Å². The Bertz CT molecular complexity index is 938. The second-order valence-electron chi connectivity index (χ2n) is 5.53. The number of para-hydroxylation sites is 2. The summed E-state index contributed by atoms with van der Waals surface area (Å²) >= 11 is 1.27. The van der Waals surface area contributed by atoms with Crippen molar-refractivity contribution in [3.05, 3.63) is 65.0 Å². The second-order valence-corrected chi connectivity index (χ2v) is 6.47. The number of carbonyl (C=O) groups excluding carboxylic acids is 1. The summed E-state index contributed by atoms with van der Waals surface area (Å²) in [6, 6.07) is 16.6. The monoisotopic (exact) mass is 353 g/mol. The summed E-state index contributed by atoms with van der Waals surface area (Å²) in [5.41, 5.74) is 1.24. The van der Waals surface area contributed by atoms with Gasteiger partial charge in [-0.05, 0) is 30.7 Å². The van der Waals surface area contributed by atoms with E-state index < -0.39 is 0 Å². The maximum absolute atomic E-state index is 13.0. The van der Waals surface area contributed by atoms with Gasteiger partial charge in [0.2, 0.25) is 5.91 Å². The Morgan fingerprint density at radius 2 is 1.84 bits per heavy atom. The molecule has 0 saturated heterocycles. The van der Waals surface area contributed by atoms with E-state index in [1.54, 1.807) is 10.6 Å². The fourth-order valence-electron chi connectivity index (χ4n) is 2.46. The Hall–Kier alpha value is -2.60. The quantitative estimate of drug-likeness (QED) is 0.546.